The number of aliphatic hydroxyl groups is 1. The summed E-state index contributed by atoms with van der Waals surface area (Å²) in [6.45, 7) is 14.6. The van der Waals surface area contributed by atoms with Crippen LogP contribution in [0.2, 0.25) is 0 Å². The van der Waals surface area contributed by atoms with Gasteiger partial charge in [-0.1, -0.05) is 38.3 Å². The topological polar surface area (TPSA) is 221 Å². The van der Waals surface area contributed by atoms with Gasteiger partial charge in [0, 0.05) is 39.4 Å². The van der Waals surface area contributed by atoms with Crippen LogP contribution in [0.15, 0.2) is 60.4 Å². The summed E-state index contributed by atoms with van der Waals surface area (Å²) in [6.07, 6.45) is 2.58. The molecule has 0 aliphatic heterocycles. The molecule has 6 atom stereocenters. The van der Waals surface area contributed by atoms with E-state index in [0.29, 0.717) is 17.4 Å². The minimum atomic E-state index is -1.38. The number of carbonyl (C=O) groups is 3. The molecule has 0 saturated carbocycles. The zero-order chi connectivity index (χ0) is 48.0. The number of carbonyl (C=O) groups excluding carboxylic acids is 3. The molecule has 1 aliphatic rings. The first-order valence-corrected chi connectivity index (χ1v) is 22.7. The van der Waals surface area contributed by atoms with Crippen molar-refractivity contribution in [1.29, 1.82) is 0 Å². The molecule has 19 nitrogen and oxygen atoms in total. The van der Waals surface area contributed by atoms with Crippen LogP contribution in [-0.4, -0.2) is 165 Å². The maximum atomic E-state index is 13.9. The summed E-state index contributed by atoms with van der Waals surface area (Å²) in [4.78, 5) is 50.7. The Morgan fingerprint density at radius 2 is 1.30 bits per heavy atom. The smallest absolute Gasteiger partial charge is 0.330 e. The van der Waals surface area contributed by atoms with Crippen molar-refractivity contribution < 1.29 is 81.1 Å². The lowest BCUT2D eigenvalue weighted by Gasteiger charge is -2.36. The Labute approximate surface area is 390 Å². The van der Waals surface area contributed by atoms with Crippen molar-refractivity contribution in [3.63, 3.8) is 0 Å². The molecule has 0 radical (unpaired) electrons. The van der Waals surface area contributed by atoms with Crippen molar-refractivity contribution in [1.82, 2.24) is 5.32 Å². The van der Waals surface area contributed by atoms with Crippen molar-refractivity contribution in [3.05, 3.63) is 76.3 Å². The molecule has 1 amide bonds. The standard InChI is InChI=1S/C46H67NO18S/c1-7-42(49)59-25-19-53-16-22-56-33(4)63-30-46(31-64-34(5)57-23-17-54-20-26-60-43(50)8-2,32-65-35(6)58-24-18-55-21-27-61-44(51)9-3)47-41(48)29-62-36-14-15-40-38(28-36)45(52)37-12-10-11-13-39(37)66-40/h7-8,10-15,33-36,42,49H,1-2,9,16-32H2,3-6H3,(H,47,48). The van der Waals surface area contributed by atoms with Crippen LogP contribution in [0.25, 0.3) is 16.2 Å². The number of rotatable bonds is 38. The Morgan fingerprint density at radius 1 is 0.773 bits per heavy atom. The van der Waals surface area contributed by atoms with E-state index in [-0.39, 0.29) is 124 Å². The minimum Gasteiger partial charge on any atom is -0.463 e. The van der Waals surface area contributed by atoms with E-state index in [0.717, 1.165) is 15.7 Å². The molecule has 1 aromatic carbocycles. The van der Waals surface area contributed by atoms with Crippen LogP contribution < -0.4 is 10.7 Å². The van der Waals surface area contributed by atoms with Gasteiger partial charge < -0.3 is 72.0 Å². The van der Waals surface area contributed by atoms with E-state index in [1.54, 1.807) is 33.8 Å². The van der Waals surface area contributed by atoms with Crippen molar-refractivity contribution >= 4 is 45.3 Å². The van der Waals surface area contributed by atoms with E-state index in [4.69, 9.17) is 61.6 Å². The second-order valence-electron chi connectivity index (χ2n) is 14.5. The molecule has 1 aromatic heterocycles. The number of benzene rings is 1. The molecule has 66 heavy (non-hydrogen) atoms. The van der Waals surface area contributed by atoms with Crippen molar-refractivity contribution in [2.24, 2.45) is 0 Å². The second-order valence-corrected chi connectivity index (χ2v) is 15.6. The Bertz CT molecular complexity index is 1840. The quantitative estimate of drug-likeness (QED) is 0.0324. The van der Waals surface area contributed by atoms with Crippen LogP contribution in [0.1, 0.15) is 44.6 Å². The molecule has 370 valence electrons. The van der Waals surface area contributed by atoms with Crippen LogP contribution in [-0.2, 0) is 82.4 Å². The number of amides is 1. The summed E-state index contributed by atoms with van der Waals surface area (Å²) in [5, 5.41) is 13.1. The first-order chi connectivity index (χ1) is 31.9. The molecular weight excluding hydrogens is 887 g/mol. The largest absolute Gasteiger partial charge is 0.463 e. The minimum absolute atomic E-state index is 0.0566. The lowest BCUT2D eigenvalue weighted by molar-refractivity contribution is -0.202. The number of hydrogen-bond acceptors (Lipinski definition) is 19. The molecular formula is C46H67NO18S. The molecule has 2 N–H and O–H groups in total. The van der Waals surface area contributed by atoms with Gasteiger partial charge in [0.05, 0.1) is 92.0 Å². The average molecular weight is 954 g/mol. The molecule has 0 saturated heterocycles. The van der Waals surface area contributed by atoms with Gasteiger partial charge in [0.1, 0.15) is 25.4 Å². The number of esters is 2. The lowest BCUT2D eigenvalue weighted by Crippen LogP contribution is -2.60. The highest BCUT2D eigenvalue weighted by molar-refractivity contribution is 7.19. The molecule has 3 rings (SSSR count). The van der Waals surface area contributed by atoms with Gasteiger partial charge in [-0.15, -0.1) is 11.3 Å². The molecule has 1 aliphatic carbocycles. The number of nitrogens with one attached hydrogen (secondary N) is 1. The molecule has 0 spiro atoms. The van der Waals surface area contributed by atoms with Gasteiger partial charge in [-0.2, -0.15) is 0 Å². The predicted molar refractivity (Wildman–Crippen MR) is 243 cm³/mol. The molecule has 1 heterocycles. The van der Waals surface area contributed by atoms with Crippen LogP contribution in [0.5, 0.6) is 0 Å². The number of fused-ring (bicyclic) bond motifs is 2. The third-order valence-electron chi connectivity index (χ3n) is 9.28. The van der Waals surface area contributed by atoms with E-state index in [1.165, 1.54) is 17.4 Å². The molecule has 6 unspecified atom stereocenters. The van der Waals surface area contributed by atoms with Gasteiger partial charge in [-0.3, -0.25) is 14.4 Å². The highest BCUT2D eigenvalue weighted by Gasteiger charge is 2.36. The highest BCUT2D eigenvalue weighted by atomic mass is 32.1. The summed E-state index contributed by atoms with van der Waals surface area (Å²) >= 11 is 1.53. The van der Waals surface area contributed by atoms with Crippen LogP contribution in [0, 0.1) is 0 Å². The third-order valence-corrected chi connectivity index (χ3v) is 10.5. The fourth-order valence-electron chi connectivity index (χ4n) is 5.82. The molecule has 0 fully saturated rings. The molecule has 20 heteroatoms. The summed E-state index contributed by atoms with van der Waals surface area (Å²) < 4.78 is 74.3. The lowest BCUT2D eigenvalue weighted by atomic mass is 10.0. The molecule has 2 aromatic rings. The zero-order valence-corrected chi connectivity index (χ0v) is 39.3. The van der Waals surface area contributed by atoms with Crippen LogP contribution in [0.3, 0.4) is 0 Å². The third kappa shape index (κ3) is 22.7. The van der Waals surface area contributed by atoms with Gasteiger partial charge in [0.25, 0.3) is 0 Å². The Morgan fingerprint density at radius 3 is 1.85 bits per heavy atom. The van der Waals surface area contributed by atoms with Crippen LogP contribution in [0.4, 0.5) is 0 Å². The fourth-order valence-corrected chi connectivity index (χ4v) is 6.92. The van der Waals surface area contributed by atoms with E-state index < -0.39 is 48.7 Å². The summed E-state index contributed by atoms with van der Waals surface area (Å²) in [6, 6.07) is 7.44. The summed E-state index contributed by atoms with van der Waals surface area (Å²) in [5.41, 5.74) is -0.814. The van der Waals surface area contributed by atoms with Crippen LogP contribution >= 0.6 is 11.3 Å². The monoisotopic (exact) mass is 953 g/mol. The summed E-state index contributed by atoms with van der Waals surface area (Å²) in [5.74, 6) is -1.39. The normalized spacial score (nSPS) is 16.1. The van der Waals surface area contributed by atoms with Gasteiger partial charge in [-0.25, -0.2) is 4.79 Å². The fraction of sp³-hybridized carbons (Fsp3) is 0.609. The SMILES string of the molecule is C=CC(=O)OCCOCCOC(C)OCC(COC(C)OCCOCCOC(=O)CC)(COC(C)OCCOCCOC(O)C=C)NC(=O)COC1C=Cc2sc3ccccc3c(=O)c2C1. The highest BCUT2D eigenvalue weighted by Crippen LogP contribution is 2.28. The van der Waals surface area contributed by atoms with E-state index in [2.05, 4.69) is 18.5 Å². The number of ether oxygens (including phenoxy) is 13. The van der Waals surface area contributed by atoms with Crippen molar-refractivity contribution in [3.8, 4) is 0 Å². The van der Waals surface area contributed by atoms with E-state index >= 15 is 0 Å². The van der Waals surface area contributed by atoms with E-state index in [9.17, 15) is 24.3 Å². The first kappa shape index (κ1) is 56.3. The van der Waals surface area contributed by atoms with Crippen molar-refractivity contribution in [2.45, 2.75) is 77.3 Å². The van der Waals surface area contributed by atoms with Gasteiger partial charge in [-0.05, 0) is 45.1 Å². The number of hydrogen-bond donors (Lipinski definition) is 2. The maximum absolute atomic E-state index is 13.9. The van der Waals surface area contributed by atoms with E-state index in [1.807, 2.05) is 30.4 Å². The Hall–Kier alpha value is -4.00. The number of aliphatic hydroxyl groups excluding tert-OH is 1. The zero-order valence-electron chi connectivity index (χ0n) is 38.4. The Kier molecular flexibility index (Phi) is 27.9. The summed E-state index contributed by atoms with van der Waals surface area (Å²) in [7, 11) is 0. The van der Waals surface area contributed by atoms with Gasteiger partial charge in [0.15, 0.2) is 30.6 Å². The second kappa shape index (κ2) is 32.7. The van der Waals surface area contributed by atoms with Gasteiger partial charge in [0.2, 0.25) is 5.91 Å². The first-order valence-electron chi connectivity index (χ1n) is 21.8. The van der Waals surface area contributed by atoms with Crippen molar-refractivity contribution in [2.75, 3.05) is 106 Å². The average Bonchev–Trinajstić information content (AvgIpc) is 3.32. The predicted octanol–water partition coefficient (Wildman–Crippen LogP) is 3.46. The Balaban J connectivity index is 1.69. The maximum Gasteiger partial charge on any atom is 0.330 e. The molecule has 0 bridgehead atoms. The van der Waals surface area contributed by atoms with Gasteiger partial charge >= 0.3 is 11.9 Å².